The molecule has 1 N–H and O–H groups in total. The molecule has 82 valence electrons. The van der Waals surface area contributed by atoms with Crippen LogP contribution in [0.25, 0.3) is 0 Å². The van der Waals surface area contributed by atoms with Crippen LogP contribution in [0.5, 0.6) is 0 Å². The Balaban J connectivity index is 2.50. The molecule has 0 radical (unpaired) electrons. The van der Waals surface area contributed by atoms with E-state index in [1.165, 1.54) is 7.11 Å². The van der Waals surface area contributed by atoms with Crippen molar-refractivity contribution in [2.24, 2.45) is 9.98 Å². The smallest absolute Gasteiger partial charge is 0.328 e. The molecule has 0 amide bonds. The SMILES string of the molecule is COOC=N[C@@H](CC1=CCC=N1)C(=O)O. The fraction of sp³-hybridized carbons (Fsp3) is 0.444. The molecule has 1 aliphatic heterocycles. The van der Waals surface area contributed by atoms with Crippen LogP contribution in [0, 0.1) is 0 Å². The van der Waals surface area contributed by atoms with Gasteiger partial charge in [-0.2, -0.15) is 4.89 Å². The van der Waals surface area contributed by atoms with Crippen LogP contribution in [-0.2, 0) is 14.6 Å². The minimum absolute atomic E-state index is 0.259. The summed E-state index contributed by atoms with van der Waals surface area (Å²) in [4.78, 5) is 27.1. The van der Waals surface area contributed by atoms with Crippen molar-refractivity contribution in [1.29, 1.82) is 0 Å². The Bertz CT molecular complexity index is 309. The maximum absolute atomic E-state index is 10.8. The van der Waals surface area contributed by atoms with E-state index in [4.69, 9.17) is 5.11 Å². The predicted octanol–water partition coefficient (Wildman–Crippen LogP) is 0.794. The van der Waals surface area contributed by atoms with E-state index >= 15 is 0 Å². The number of hydrogen-bond acceptors (Lipinski definition) is 5. The van der Waals surface area contributed by atoms with E-state index in [0.717, 1.165) is 18.5 Å². The Hall–Kier alpha value is -1.69. The number of carboxylic acids is 1. The molecular weight excluding hydrogens is 200 g/mol. The van der Waals surface area contributed by atoms with Gasteiger partial charge in [0.1, 0.15) is 0 Å². The maximum Gasteiger partial charge on any atom is 0.328 e. The molecule has 1 atom stereocenters. The molecule has 0 unspecified atom stereocenters. The quantitative estimate of drug-likeness (QED) is 0.305. The van der Waals surface area contributed by atoms with Crippen molar-refractivity contribution in [1.82, 2.24) is 0 Å². The second-order valence-corrected chi connectivity index (χ2v) is 2.82. The number of nitrogens with zero attached hydrogens (tertiary/aromatic N) is 2. The fourth-order valence-electron chi connectivity index (χ4n) is 1.09. The summed E-state index contributed by atoms with van der Waals surface area (Å²) in [5, 5.41) is 8.84. The lowest BCUT2D eigenvalue weighted by Gasteiger charge is -2.05. The molecule has 1 rings (SSSR count). The van der Waals surface area contributed by atoms with Gasteiger partial charge >= 0.3 is 5.97 Å². The van der Waals surface area contributed by atoms with Crippen molar-refractivity contribution in [3.05, 3.63) is 11.8 Å². The zero-order valence-corrected chi connectivity index (χ0v) is 8.29. The van der Waals surface area contributed by atoms with E-state index in [2.05, 4.69) is 19.8 Å². The number of aliphatic imine (C=N–C) groups is 2. The fourth-order valence-corrected chi connectivity index (χ4v) is 1.09. The summed E-state index contributed by atoms with van der Waals surface area (Å²) in [5.41, 5.74) is 0.733. The van der Waals surface area contributed by atoms with Crippen molar-refractivity contribution >= 4 is 18.6 Å². The van der Waals surface area contributed by atoms with Gasteiger partial charge < -0.3 is 9.99 Å². The molecule has 0 aromatic heterocycles. The normalized spacial score (nSPS) is 16.7. The maximum atomic E-state index is 10.8. The highest BCUT2D eigenvalue weighted by molar-refractivity contribution is 5.76. The van der Waals surface area contributed by atoms with E-state index in [0.29, 0.717) is 0 Å². The van der Waals surface area contributed by atoms with Crippen LogP contribution in [0.3, 0.4) is 0 Å². The van der Waals surface area contributed by atoms with Gasteiger partial charge in [-0.15, -0.1) is 0 Å². The highest BCUT2D eigenvalue weighted by Gasteiger charge is 2.18. The first kappa shape index (κ1) is 11.4. The van der Waals surface area contributed by atoms with Crippen LogP contribution < -0.4 is 0 Å². The molecule has 0 aliphatic carbocycles. The molecule has 0 spiro atoms. The zero-order valence-electron chi connectivity index (χ0n) is 8.29. The van der Waals surface area contributed by atoms with Crippen molar-refractivity contribution in [3.8, 4) is 0 Å². The van der Waals surface area contributed by atoms with Crippen LogP contribution in [0.1, 0.15) is 12.8 Å². The molecule has 0 aromatic carbocycles. The average molecular weight is 212 g/mol. The number of carboxylic acid groups (broad SMARTS) is 1. The second-order valence-electron chi connectivity index (χ2n) is 2.82. The van der Waals surface area contributed by atoms with Crippen molar-refractivity contribution in [3.63, 3.8) is 0 Å². The van der Waals surface area contributed by atoms with Gasteiger partial charge in [-0.1, -0.05) is 6.08 Å². The van der Waals surface area contributed by atoms with E-state index in [1.54, 1.807) is 6.21 Å². The first-order chi connectivity index (χ1) is 7.24. The minimum atomic E-state index is -1.02. The van der Waals surface area contributed by atoms with E-state index in [-0.39, 0.29) is 6.42 Å². The van der Waals surface area contributed by atoms with Gasteiger partial charge in [-0.05, 0) is 0 Å². The van der Waals surface area contributed by atoms with Crippen molar-refractivity contribution in [2.75, 3.05) is 7.11 Å². The monoisotopic (exact) mass is 212 g/mol. The van der Waals surface area contributed by atoms with Crippen molar-refractivity contribution in [2.45, 2.75) is 18.9 Å². The molecule has 0 bridgehead atoms. The molecule has 6 heteroatoms. The first-order valence-electron chi connectivity index (χ1n) is 4.39. The second kappa shape index (κ2) is 5.92. The van der Waals surface area contributed by atoms with Crippen LogP contribution >= 0.6 is 0 Å². The van der Waals surface area contributed by atoms with E-state index in [1.807, 2.05) is 6.08 Å². The summed E-state index contributed by atoms with van der Waals surface area (Å²) in [6, 6.07) is -0.887. The Morgan fingerprint density at radius 3 is 3.20 bits per heavy atom. The minimum Gasteiger partial charge on any atom is -0.480 e. The van der Waals surface area contributed by atoms with Crippen LogP contribution in [0.15, 0.2) is 21.8 Å². The van der Waals surface area contributed by atoms with Crippen LogP contribution in [0.2, 0.25) is 0 Å². The Labute approximate surface area is 86.9 Å². The number of aliphatic carboxylic acids is 1. The van der Waals surface area contributed by atoms with E-state index in [9.17, 15) is 4.79 Å². The average Bonchev–Trinajstić information content (AvgIpc) is 2.69. The molecule has 15 heavy (non-hydrogen) atoms. The number of carbonyl (C=O) groups is 1. The van der Waals surface area contributed by atoms with Gasteiger partial charge in [0.2, 0.25) is 6.40 Å². The standard InChI is InChI=1S/C9H12N2O4/c1-14-15-6-11-8(9(12)13)5-7-3-2-4-10-7/h3-4,6,8H,2,5H2,1H3,(H,12,13)/t8-/m0/s1. The van der Waals surface area contributed by atoms with Gasteiger partial charge in [0.05, 0.1) is 7.11 Å². The summed E-state index contributed by atoms with van der Waals surface area (Å²) >= 11 is 0. The number of rotatable bonds is 6. The molecule has 0 saturated carbocycles. The lowest BCUT2D eigenvalue weighted by Crippen LogP contribution is -2.18. The van der Waals surface area contributed by atoms with Crippen LogP contribution in [0.4, 0.5) is 0 Å². The van der Waals surface area contributed by atoms with Crippen LogP contribution in [-0.4, -0.2) is 36.8 Å². The third-order valence-electron chi connectivity index (χ3n) is 1.78. The summed E-state index contributed by atoms with van der Waals surface area (Å²) in [6.45, 7) is 0. The summed E-state index contributed by atoms with van der Waals surface area (Å²) < 4.78 is 0. The lowest BCUT2D eigenvalue weighted by atomic mass is 10.1. The predicted molar refractivity (Wildman–Crippen MR) is 53.8 cm³/mol. The van der Waals surface area contributed by atoms with Gasteiger partial charge in [0.25, 0.3) is 0 Å². The summed E-state index contributed by atoms with van der Waals surface area (Å²) in [6.07, 6.45) is 5.57. The summed E-state index contributed by atoms with van der Waals surface area (Å²) in [7, 11) is 1.31. The largest absolute Gasteiger partial charge is 0.480 e. The van der Waals surface area contributed by atoms with Gasteiger partial charge in [-0.25, -0.2) is 9.79 Å². The van der Waals surface area contributed by atoms with E-state index < -0.39 is 12.0 Å². The highest BCUT2D eigenvalue weighted by Crippen LogP contribution is 2.14. The Morgan fingerprint density at radius 2 is 2.67 bits per heavy atom. The number of allylic oxidation sites excluding steroid dienone is 1. The molecule has 0 fully saturated rings. The molecule has 6 nitrogen and oxygen atoms in total. The third kappa shape index (κ3) is 3.90. The molecular formula is C9H12N2O4. The highest BCUT2D eigenvalue weighted by atomic mass is 17.2. The molecule has 1 heterocycles. The third-order valence-corrected chi connectivity index (χ3v) is 1.78. The Kier molecular flexibility index (Phi) is 4.49. The Morgan fingerprint density at radius 1 is 1.87 bits per heavy atom. The molecule has 1 aliphatic rings. The molecule has 0 saturated heterocycles. The van der Waals surface area contributed by atoms with Gasteiger partial charge in [0, 0.05) is 24.8 Å². The van der Waals surface area contributed by atoms with Gasteiger partial charge in [0.15, 0.2) is 6.04 Å². The zero-order chi connectivity index (χ0) is 11.1. The first-order valence-corrected chi connectivity index (χ1v) is 4.39. The molecule has 0 aromatic rings. The summed E-state index contributed by atoms with van der Waals surface area (Å²) in [5.74, 6) is -1.02. The number of hydrogen-bond donors (Lipinski definition) is 1. The topological polar surface area (TPSA) is 80.5 Å². The van der Waals surface area contributed by atoms with Gasteiger partial charge in [-0.3, -0.25) is 4.99 Å². The van der Waals surface area contributed by atoms with Crippen molar-refractivity contribution < 1.29 is 19.7 Å². The lowest BCUT2D eigenvalue weighted by molar-refractivity contribution is -0.188.